The normalized spacial score (nSPS) is 12.6. The van der Waals surface area contributed by atoms with Crippen LogP contribution in [0, 0.1) is 6.92 Å². The standard InChI is InChI=1S/C24H50N/c1-4-6-8-10-11-12-13-14-15-16-17-18-19-20-22-24(3)25-23-21-9-7-5-2/h24-25H,3-23H2,1-2H3. The minimum absolute atomic E-state index is 0.471. The summed E-state index contributed by atoms with van der Waals surface area (Å²) in [5.74, 6) is 0. The molecule has 1 unspecified atom stereocenters. The lowest BCUT2D eigenvalue weighted by atomic mass is 10.0. The molecule has 0 spiro atoms. The highest BCUT2D eigenvalue weighted by atomic mass is 14.9. The maximum Gasteiger partial charge on any atom is 0.00676 e. The fraction of sp³-hybridized carbons (Fsp3) is 0.958. The Morgan fingerprint density at radius 1 is 0.520 bits per heavy atom. The fourth-order valence-electron chi connectivity index (χ4n) is 3.55. The van der Waals surface area contributed by atoms with Crippen LogP contribution in [-0.4, -0.2) is 12.6 Å². The molecule has 0 saturated heterocycles. The zero-order chi connectivity index (χ0) is 18.4. The average Bonchev–Trinajstić information content (AvgIpc) is 2.62. The lowest BCUT2D eigenvalue weighted by molar-refractivity contribution is 0.488. The van der Waals surface area contributed by atoms with Crippen LogP contribution in [0.2, 0.25) is 0 Å². The van der Waals surface area contributed by atoms with Gasteiger partial charge in [-0.1, -0.05) is 123 Å². The Balaban J connectivity index is 3.08. The van der Waals surface area contributed by atoms with Crippen LogP contribution >= 0.6 is 0 Å². The van der Waals surface area contributed by atoms with Gasteiger partial charge in [0.15, 0.2) is 0 Å². The lowest BCUT2D eigenvalue weighted by Gasteiger charge is -2.13. The van der Waals surface area contributed by atoms with Crippen LogP contribution in [0.5, 0.6) is 0 Å². The summed E-state index contributed by atoms with van der Waals surface area (Å²) >= 11 is 0. The Bertz CT molecular complexity index is 226. The Labute approximate surface area is 161 Å². The summed E-state index contributed by atoms with van der Waals surface area (Å²) in [6.07, 6.45) is 26.8. The highest BCUT2D eigenvalue weighted by Crippen LogP contribution is 2.13. The summed E-state index contributed by atoms with van der Waals surface area (Å²) < 4.78 is 0. The molecule has 0 fully saturated rings. The van der Waals surface area contributed by atoms with Crippen molar-refractivity contribution < 1.29 is 0 Å². The van der Waals surface area contributed by atoms with Crippen molar-refractivity contribution in [2.45, 2.75) is 142 Å². The average molecular weight is 353 g/mol. The molecule has 0 bridgehead atoms. The predicted molar refractivity (Wildman–Crippen MR) is 116 cm³/mol. The first kappa shape index (κ1) is 25.0. The van der Waals surface area contributed by atoms with E-state index in [1.54, 1.807) is 0 Å². The summed E-state index contributed by atoms with van der Waals surface area (Å²) in [6.45, 7) is 9.97. The molecular weight excluding hydrogens is 302 g/mol. The smallest absolute Gasteiger partial charge is 0.00676 e. The number of hydrogen-bond donors (Lipinski definition) is 1. The van der Waals surface area contributed by atoms with Gasteiger partial charge in [0.2, 0.25) is 0 Å². The molecule has 0 rings (SSSR count). The van der Waals surface area contributed by atoms with Crippen molar-refractivity contribution in [3.05, 3.63) is 6.92 Å². The quantitative estimate of drug-likeness (QED) is 0.205. The molecule has 1 heteroatoms. The van der Waals surface area contributed by atoms with Gasteiger partial charge in [-0.15, -0.1) is 0 Å². The predicted octanol–water partition coefficient (Wildman–Crippen LogP) is 8.23. The SMILES string of the molecule is [CH2]C(CCCCCCCCCCCCCCCC)NCCCCCC. The van der Waals surface area contributed by atoms with Crippen molar-refractivity contribution in [2.24, 2.45) is 0 Å². The second-order valence-corrected chi connectivity index (χ2v) is 8.10. The van der Waals surface area contributed by atoms with Crippen molar-refractivity contribution >= 4 is 0 Å². The van der Waals surface area contributed by atoms with Crippen LogP contribution in [-0.2, 0) is 0 Å². The molecule has 151 valence electrons. The Hall–Kier alpha value is -0.0400. The highest BCUT2D eigenvalue weighted by Gasteiger charge is 2.00. The Kier molecular flexibility index (Phi) is 22.0. The van der Waals surface area contributed by atoms with E-state index in [0.29, 0.717) is 6.04 Å². The van der Waals surface area contributed by atoms with Gasteiger partial charge < -0.3 is 5.32 Å². The molecule has 0 heterocycles. The summed E-state index contributed by atoms with van der Waals surface area (Å²) in [6, 6.07) is 0.471. The van der Waals surface area contributed by atoms with E-state index in [2.05, 4.69) is 26.1 Å². The van der Waals surface area contributed by atoms with Gasteiger partial charge >= 0.3 is 0 Å². The van der Waals surface area contributed by atoms with E-state index in [-0.39, 0.29) is 0 Å². The van der Waals surface area contributed by atoms with Gasteiger partial charge in [-0.3, -0.25) is 0 Å². The molecule has 25 heavy (non-hydrogen) atoms. The molecule has 0 saturated carbocycles. The molecule has 1 radical (unpaired) electrons. The molecule has 0 aromatic rings. The van der Waals surface area contributed by atoms with Crippen molar-refractivity contribution in [2.75, 3.05) is 6.54 Å². The van der Waals surface area contributed by atoms with E-state index < -0.39 is 0 Å². The van der Waals surface area contributed by atoms with Gasteiger partial charge in [-0.2, -0.15) is 0 Å². The van der Waals surface area contributed by atoms with Crippen LogP contribution in [0.3, 0.4) is 0 Å². The van der Waals surface area contributed by atoms with Gasteiger partial charge in [-0.05, 0) is 26.3 Å². The molecule has 1 N–H and O–H groups in total. The summed E-state index contributed by atoms with van der Waals surface area (Å²) in [5, 5.41) is 3.58. The molecular formula is C24H50N. The van der Waals surface area contributed by atoms with Gasteiger partial charge in [-0.25, -0.2) is 0 Å². The van der Waals surface area contributed by atoms with Crippen molar-refractivity contribution in [1.82, 2.24) is 5.32 Å². The summed E-state index contributed by atoms with van der Waals surface area (Å²) in [4.78, 5) is 0. The zero-order valence-corrected chi connectivity index (χ0v) is 17.9. The van der Waals surface area contributed by atoms with Crippen LogP contribution in [0.1, 0.15) is 136 Å². The van der Waals surface area contributed by atoms with Gasteiger partial charge in [0.25, 0.3) is 0 Å². The number of nitrogens with one attached hydrogen (secondary N) is 1. The monoisotopic (exact) mass is 352 g/mol. The van der Waals surface area contributed by atoms with Crippen molar-refractivity contribution in [1.29, 1.82) is 0 Å². The van der Waals surface area contributed by atoms with Crippen molar-refractivity contribution in [3.8, 4) is 0 Å². The van der Waals surface area contributed by atoms with Crippen LogP contribution in [0.15, 0.2) is 0 Å². The van der Waals surface area contributed by atoms with Crippen LogP contribution in [0.4, 0.5) is 0 Å². The second kappa shape index (κ2) is 22.0. The largest absolute Gasteiger partial charge is 0.314 e. The lowest BCUT2D eigenvalue weighted by Crippen LogP contribution is -2.27. The molecule has 0 aliphatic carbocycles. The van der Waals surface area contributed by atoms with E-state index >= 15 is 0 Å². The second-order valence-electron chi connectivity index (χ2n) is 8.10. The summed E-state index contributed by atoms with van der Waals surface area (Å²) in [5.41, 5.74) is 0. The first-order chi connectivity index (χ1) is 12.3. The topological polar surface area (TPSA) is 12.0 Å². The highest BCUT2D eigenvalue weighted by molar-refractivity contribution is 4.68. The minimum Gasteiger partial charge on any atom is -0.314 e. The van der Waals surface area contributed by atoms with Crippen LogP contribution in [0.25, 0.3) is 0 Å². The van der Waals surface area contributed by atoms with E-state index in [1.807, 2.05) is 0 Å². The maximum absolute atomic E-state index is 4.24. The maximum atomic E-state index is 4.24. The third kappa shape index (κ3) is 21.9. The molecule has 0 aromatic heterocycles. The summed E-state index contributed by atoms with van der Waals surface area (Å²) in [7, 11) is 0. The van der Waals surface area contributed by atoms with Gasteiger partial charge in [0.05, 0.1) is 0 Å². The molecule has 0 amide bonds. The first-order valence-electron chi connectivity index (χ1n) is 11.9. The third-order valence-electron chi connectivity index (χ3n) is 5.37. The van der Waals surface area contributed by atoms with Crippen LogP contribution < -0.4 is 5.32 Å². The van der Waals surface area contributed by atoms with Gasteiger partial charge in [0.1, 0.15) is 0 Å². The van der Waals surface area contributed by atoms with E-state index in [4.69, 9.17) is 0 Å². The van der Waals surface area contributed by atoms with E-state index in [9.17, 15) is 0 Å². The fourth-order valence-corrected chi connectivity index (χ4v) is 3.55. The molecule has 0 aliphatic heterocycles. The number of unbranched alkanes of at least 4 members (excludes halogenated alkanes) is 16. The van der Waals surface area contributed by atoms with Crippen molar-refractivity contribution in [3.63, 3.8) is 0 Å². The minimum atomic E-state index is 0.471. The Morgan fingerprint density at radius 3 is 1.32 bits per heavy atom. The Morgan fingerprint density at radius 2 is 0.880 bits per heavy atom. The van der Waals surface area contributed by atoms with E-state index in [0.717, 1.165) is 6.54 Å². The molecule has 1 nitrogen and oxygen atoms in total. The van der Waals surface area contributed by atoms with Gasteiger partial charge in [0, 0.05) is 6.04 Å². The number of hydrogen-bond acceptors (Lipinski definition) is 1. The first-order valence-corrected chi connectivity index (χ1v) is 11.9. The molecule has 0 aromatic carbocycles. The van der Waals surface area contributed by atoms with E-state index in [1.165, 1.54) is 122 Å². The zero-order valence-electron chi connectivity index (χ0n) is 17.9. The molecule has 1 atom stereocenters. The molecule has 0 aliphatic rings. The number of rotatable bonds is 21. The third-order valence-corrected chi connectivity index (χ3v) is 5.37.